The summed E-state index contributed by atoms with van der Waals surface area (Å²) in [5, 5.41) is 23.6. The lowest BCUT2D eigenvalue weighted by atomic mass is 10.1. The summed E-state index contributed by atoms with van der Waals surface area (Å²) in [4.78, 5) is 0.205. The lowest BCUT2D eigenvalue weighted by Crippen LogP contribution is -2.37. The summed E-state index contributed by atoms with van der Waals surface area (Å²) in [5.74, 6) is 0.382. The Kier molecular flexibility index (Phi) is 9.00. The predicted molar refractivity (Wildman–Crippen MR) is 134 cm³/mol. The van der Waals surface area contributed by atoms with Crippen LogP contribution in [0.25, 0.3) is 0 Å². The molecule has 1 saturated heterocycles. The van der Waals surface area contributed by atoms with Gasteiger partial charge in [0.2, 0.25) is 20.0 Å². The van der Waals surface area contributed by atoms with Gasteiger partial charge in [-0.3, -0.25) is 4.72 Å². The van der Waals surface area contributed by atoms with E-state index < -0.39 is 26.2 Å². The standard InChI is InChI=1S/C23H33N3O7S2/c1-3-4-13-33-19-6-8-20(9-7-19)35(31,32)26-12-11-18(16-26)24-15-23(28)17-5-10-22(27)21(14-17)25-34(2,29)30/h5-10,14,18,23-25,27-28H,3-4,11-13,15-16H2,1-2H3. The molecular weight excluding hydrogens is 494 g/mol. The van der Waals surface area contributed by atoms with Crippen LogP contribution < -0.4 is 14.8 Å². The Labute approximate surface area is 207 Å². The number of hydrogen-bond acceptors (Lipinski definition) is 8. The minimum absolute atomic E-state index is 0.0241. The van der Waals surface area contributed by atoms with Crippen molar-refractivity contribution in [2.45, 2.75) is 43.2 Å². The van der Waals surface area contributed by atoms with Crippen LogP contribution in [0.1, 0.15) is 37.9 Å². The van der Waals surface area contributed by atoms with Gasteiger partial charge in [0.05, 0.1) is 29.5 Å². The van der Waals surface area contributed by atoms with Gasteiger partial charge >= 0.3 is 0 Å². The molecule has 0 spiro atoms. The van der Waals surface area contributed by atoms with E-state index in [0.29, 0.717) is 30.9 Å². The molecule has 3 rings (SSSR count). The van der Waals surface area contributed by atoms with Gasteiger partial charge in [0, 0.05) is 25.7 Å². The number of rotatable bonds is 12. The Hall–Kier alpha value is -2.38. The Morgan fingerprint density at radius 3 is 2.51 bits per heavy atom. The van der Waals surface area contributed by atoms with Crippen LogP contribution in [0.2, 0.25) is 0 Å². The van der Waals surface area contributed by atoms with Crippen molar-refractivity contribution < 1.29 is 31.8 Å². The minimum Gasteiger partial charge on any atom is -0.506 e. The Morgan fingerprint density at radius 2 is 1.86 bits per heavy atom. The molecule has 1 fully saturated rings. The van der Waals surface area contributed by atoms with E-state index in [1.165, 1.54) is 22.5 Å². The maximum atomic E-state index is 13.0. The highest BCUT2D eigenvalue weighted by atomic mass is 32.2. The van der Waals surface area contributed by atoms with Gasteiger partial charge in [-0.05, 0) is 54.8 Å². The Balaban J connectivity index is 1.56. The average molecular weight is 528 g/mol. The van der Waals surface area contributed by atoms with E-state index in [4.69, 9.17) is 4.74 Å². The molecule has 1 aliphatic heterocycles. The number of aliphatic hydroxyl groups excluding tert-OH is 1. The van der Waals surface area contributed by atoms with Gasteiger partial charge in [0.15, 0.2) is 0 Å². The van der Waals surface area contributed by atoms with Crippen molar-refractivity contribution in [1.82, 2.24) is 9.62 Å². The Bertz CT molecular complexity index is 1200. The van der Waals surface area contributed by atoms with Crippen molar-refractivity contribution in [2.75, 3.05) is 37.2 Å². The fraction of sp³-hybridized carbons (Fsp3) is 0.478. The van der Waals surface area contributed by atoms with Crippen LogP contribution >= 0.6 is 0 Å². The zero-order valence-corrected chi connectivity index (χ0v) is 21.5. The molecule has 4 N–H and O–H groups in total. The maximum absolute atomic E-state index is 13.0. The summed E-state index contributed by atoms with van der Waals surface area (Å²) >= 11 is 0. The number of anilines is 1. The predicted octanol–water partition coefficient (Wildman–Crippen LogP) is 2.03. The quantitative estimate of drug-likeness (QED) is 0.242. The highest BCUT2D eigenvalue weighted by molar-refractivity contribution is 7.92. The number of unbranched alkanes of at least 4 members (excludes halogenated alkanes) is 1. The number of phenols is 1. The highest BCUT2D eigenvalue weighted by Crippen LogP contribution is 2.28. The minimum atomic E-state index is -3.65. The van der Waals surface area contributed by atoms with Gasteiger partial charge < -0.3 is 20.3 Å². The molecule has 1 aliphatic rings. The molecule has 35 heavy (non-hydrogen) atoms. The molecule has 0 saturated carbocycles. The number of phenolic OH excluding ortho intramolecular Hbond substituents is 1. The molecule has 0 aromatic heterocycles. The van der Waals surface area contributed by atoms with E-state index in [-0.39, 0.29) is 35.5 Å². The second kappa shape index (κ2) is 11.6. The summed E-state index contributed by atoms with van der Waals surface area (Å²) in [6.07, 6.45) is 2.52. The molecule has 0 amide bonds. The lowest BCUT2D eigenvalue weighted by Gasteiger charge is -2.19. The van der Waals surface area contributed by atoms with Gasteiger partial charge in [0.25, 0.3) is 0 Å². The third kappa shape index (κ3) is 7.55. The van der Waals surface area contributed by atoms with Crippen LogP contribution in [-0.4, -0.2) is 69.9 Å². The normalized spacial score (nSPS) is 17.9. The van der Waals surface area contributed by atoms with E-state index >= 15 is 0 Å². The zero-order valence-electron chi connectivity index (χ0n) is 19.8. The van der Waals surface area contributed by atoms with Crippen molar-refractivity contribution in [1.29, 1.82) is 0 Å². The van der Waals surface area contributed by atoms with Crippen LogP contribution in [0.5, 0.6) is 11.5 Å². The average Bonchev–Trinajstić information content (AvgIpc) is 3.29. The second-order valence-electron chi connectivity index (χ2n) is 8.60. The molecule has 2 aromatic carbocycles. The molecular formula is C23H33N3O7S2. The van der Waals surface area contributed by atoms with Gasteiger partial charge in [-0.25, -0.2) is 16.8 Å². The number of nitrogens with one attached hydrogen (secondary N) is 2. The topological polar surface area (TPSA) is 145 Å². The molecule has 0 radical (unpaired) electrons. The molecule has 0 bridgehead atoms. The first kappa shape index (κ1) is 27.2. The van der Waals surface area contributed by atoms with Crippen molar-refractivity contribution in [2.24, 2.45) is 0 Å². The number of benzene rings is 2. The summed E-state index contributed by atoms with van der Waals surface area (Å²) < 4.78 is 58.2. The van der Waals surface area contributed by atoms with Crippen LogP contribution in [-0.2, 0) is 20.0 Å². The molecule has 0 aliphatic carbocycles. The van der Waals surface area contributed by atoms with Gasteiger partial charge in [-0.2, -0.15) is 4.31 Å². The molecule has 2 unspecified atom stereocenters. The number of hydrogen-bond donors (Lipinski definition) is 4. The van der Waals surface area contributed by atoms with Gasteiger partial charge in [0.1, 0.15) is 11.5 Å². The van der Waals surface area contributed by atoms with E-state index in [2.05, 4.69) is 17.0 Å². The fourth-order valence-electron chi connectivity index (χ4n) is 3.74. The number of aromatic hydroxyl groups is 1. The molecule has 1 heterocycles. The van der Waals surface area contributed by atoms with E-state index in [1.54, 1.807) is 24.3 Å². The van der Waals surface area contributed by atoms with Crippen molar-refractivity contribution in [3.05, 3.63) is 48.0 Å². The van der Waals surface area contributed by atoms with Gasteiger partial charge in [-0.1, -0.05) is 19.4 Å². The monoisotopic (exact) mass is 527 g/mol. The smallest absolute Gasteiger partial charge is 0.243 e. The molecule has 12 heteroatoms. The molecule has 2 atom stereocenters. The first-order chi connectivity index (χ1) is 16.5. The van der Waals surface area contributed by atoms with Crippen molar-refractivity contribution in [3.63, 3.8) is 0 Å². The summed E-state index contributed by atoms with van der Waals surface area (Å²) in [6, 6.07) is 10.4. The summed E-state index contributed by atoms with van der Waals surface area (Å²) in [7, 11) is -7.24. The van der Waals surface area contributed by atoms with E-state index in [9.17, 15) is 27.0 Å². The third-order valence-corrected chi connectivity index (χ3v) is 8.15. The third-order valence-electron chi connectivity index (χ3n) is 5.68. The Morgan fingerprint density at radius 1 is 1.14 bits per heavy atom. The van der Waals surface area contributed by atoms with Crippen LogP contribution in [0.15, 0.2) is 47.4 Å². The van der Waals surface area contributed by atoms with E-state index in [1.807, 2.05) is 0 Å². The maximum Gasteiger partial charge on any atom is 0.243 e. The number of sulfonamides is 2. The van der Waals surface area contributed by atoms with Gasteiger partial charge in [-0.15, -0.1) is 0 Å². The molecule has 10 nitrogen and oxygen atoms in total. The number of aliphatic hydroxyl groups is 1. The SMILES string of the molecule is CCCCOc1ccc(S(=O)(=O)N2CCC(NCC(O)c3ccc(O)c(NS(C)(=O)=O)c3)C2)cc1. The number of nitrogens with zero attached hydrogens (tertiary/aromatic N) is 1. The summed E-state index contributed by atoms with van der Waals surface area (Å²) in [5.41, 5.74) is 0.383. The zero-order chi connectivity index (χ0) is 25.6. The van der Waals surface area contributed by atoms with E-state index in [0.717, 1.165) is 19.1 Å². The second-order valence-corrected chi connectivity index (χ2v) is 12.3. The van der Waals surface area contributed by atoms with Crippen molar-refractivity contribution in [3.8, 4) is 11.5 Å². The largest absolute Gasteiger partial charge is 0.506 e. The first-order valence-electron chi connectivity index (χ1n) is 11.4. The van der Waals surface area contributed by atoms with Crippen LogP contribution in [0.3, 0.4) is 0 Å². The van der Waals surface area contributed by atoms with Crippen LogP contribution in [0, 0.1) is 0 Å². The van der Waals surface area contributed by atoms with Crippen molar-refractivity contribution >= 4 is 25.7 Å². The molecule has 2 aromatic rings. The summed E-state index contributed by atoms with van der Waals surface area (Å²) in [6.45, 7) is 3.41. The highest BCUT2D eigenvalue weighted by Gasteiger charge is 2.32. The lowest BCUT2D eigenvalue weighted by molar-refractivity contribution is 0.170. The fourth-order valence-corrected chi connectivity index (χ4v) is 5.81. The first-order valence-corrected chi connectivity index (χ1v) is 14.8. The number of ether oxygens (including phenoxy) is 1. The molecule has 194 valence electrons. The van der Waals surface area contributed by atoms with Crippen LogP contribution in [0.4, 0.5) is 5.69 Å².